The van der Waals surface area contributed by atoms with Crippen LogP contribution in [0.4, 0.5) is 9.59 Å². The summed E-state index contributed by atoms with van der Waals surface area (Å²) in [7, 11) is 0. The van der Waals surface area contributed by atoms with Crippen molar-refractivity contribution in [1.29, 1.82) is 0 Å². The lowest BCUT2D eigenvalue weighted by atomic mass is 9.89. The van der Waals surface area contributed by atoms with Gasteiger partial charge in [0, 0.05) is 25.0 Å². The van der Waals surface area contributed by atoms with Crippen molar-refractivity contribution >= 4 is 24.2 Å². The van der Waals surface area contributed by atoms with Gasteiger partial charge in [-0.3, -0.25) is 0 Å². The highest BCUT2D eigenvalue weighted by Crippen LogP contribution is 2.49. The molecule has 0 amide bonds. The van der Waals surface area contributed by atoms with Crippen LogP contribution < -0.4 is 0 Å². The van der Waals surface area contributed by atoms with Gasteiger partial charge in [-0.1, -0.05) is 48.6 Å². The number of cyclic esters (lactones) is 4. The van der Waals surface area contributed by atoms with E-state index in [1.54, 1.807) is 39.8 Å². The molecule has 4 unspecified atom stereocenters. The fraction of sp³-hybridized carbons (Fsp3) is 0.526. The Morgan fingerprint density at radius 2 is 1.21 bits per heavy atom. The van der Waals surface area contributed by atoms with Gasteiger partial charge in [-0.15, -0.1) is 0 Å². The maximum atomic E-state index is 12.0. The van der Waals surface area contributed by atoms with E-state index < -0.39 is 35.5 Å². The van der Waals surface area contributed by atoms with Crippen molar-refractivity contribution in [3.05, 3.63) is 84.4 Å². The maximum Gasteiger partial charge on any atom is 0.514 e. The Hall–Kier alpha value is -4.34. The van der Waals surface area contributed by atoms with Gasteiger partial charge in [0.15, 0.2) is 22.7 Å². The molecule has 0 aromatic carbocycles. The van der Waals surface area contributed by atoms with E-state index in [0.717, 1.165) is 38.5 Å². The molecule has 10 heteroatoms. The van der Waals surface area contributed by atoms with Gasteiger partial charge >= 0.3 is 24.2 Å². The minimum absolute atomic E-state index is 0.191. The summed E-state index contributed by atoms with van der Waals surface area (Å²) in [6.45, 7) is 7.34. The van der Waals surface area contributed by atoms with Crippen LogP contribution in [0.2, 0.25) is 0 Å². The molecule has 0 bridgehead atoms. The van der Waals surface area contributed by atoms with Crippen LogP contribution in [0.1, 0.15) is 79.1 Å². The van der Waals surface area contributed by atoms with Gasteiger partial charge < -0.3 is 28.4 Å². The van der Waals surface area contributed by atoms with Gasteiger partial charge in [-0.25, -0.2) is 19.2 Å². The van der Waals surface area contributed by atoms with Crippen molar-refractivity contribution in [3.8, 4) is 0 Å². The third-order valence-electron chi connectivity index (χ3n) is 8.76. The van der Waals surface area contributed by atoms with E-state index in [1.807, 2.05) is 12.2 Å². The molecule has 48 heavy (non-hydrogen) atoms. The Labute approximate surface area is 283 Å². The molecule has 4 aliphatic rings. The molecular weight excluding hydrogens is 616 g/mol. The highest BCUT2D eigenvalue weighted by Gasteiger charge is 2.41. The molecular formula is C38H48O10. The molecule has 2 heterocycles. The maximum absolute atomic E-state index is 12.0. The van der Waals surface area contributed by atoms with Crippen LogP contribution >= 0.6 is 0 Å². The molecule has 2 aliphatic heterocycles. The first kappa shape index (κ1) is 36.5. The molecule has 3 fully saturated rings. The number of hydrogen-bond donors (Lipinski definition) is 0. The lowest BCUT2D eigenvalue weighted by Crippen LogP contribution is -2.20. The number of unbranched alkanes of at least 4 members (excludes halogenated alkanes) is 2. The Morgan fingerprint density at radius 1 is 0.729 bits per heavy atom. The highest BCUT2D eigenvalue weighted by atomic mass is 16.8. The zero-order valence-electron chi connectivity index (χ0n) is 28.4. The normalized spacial score (nSPS) is 27.3. The summed E-state index contributed by atoms with van der Waals surface area (Å²) >= 11 is 0. The van der Waals surface area contributed by atoms with Gasteiger partial charge in [0.25, 0.3) is 0 Å². The number of fused-ring (bicyclic) bond motifs is 1. The number of esters is 2. The Kier molecular flexibility index (Phi) is 13.1. The molecule has 0 spiro atoms. The molecule has 0 aromatic rings. The number of allylic oxidation sites excluding steroid dienone is 8. The number of ether oxygens (including phenoxy) is 6. The van der Waals surface area contributed by atoms with Gasteiger partial charge in [-0.05, 0) is 102 Å². The van der Waals surface area contributed by atoms with E-state index in [4.69, 9.17) is 28.4 Å². The third kappa shape index (κ3) is 10.9. The van der Waals surface area contributed by atoms with Crippen LogP contribution in [-0.4, -0.2) is 48.7 Å². The van der Waals surface area contributed by atoms with E-state index in [2.05, 4.69) is 36.5 Å². The first-order valence-electron chi connectivity index (χ1n) is 16.8. The van der Waals surface area contributed by atoms with Crippen LogP contribution in [0.25, 0.3) is 0 Å². The van der Waals surface area contributed by atoms with Crippen molar-refractivity contribution in [2.24, 2.45) is 23.7 Å². The molecule has 260 valence electrons. The van der Waals surface area contributed by atoms with Gasteiger partial charge in [-0.2, -0.15) is 0 Å². The van der Waals surface area contributed by atoms with E-state index in [9.17, 15) is 19.2 Å². The van der Waals surface area contributed by atoms with Gasteiger partial charge in [0.05, 0.1) is 13.2 Å². The molecule has 0 aromatic heterocycles. The summed E-state index contributed by atoms with van der Waals surface area (Å²) in [5, 5.41) is 0. The average molecular weight is 665 g/mol. The summed E-state index contributed by atoms with van der Waals surface area (Å²) in [6.07, 6.45) is 28.6. The molecule has 2 aliphatic carbocycles. The SMILES string of the molecule is CC1(C)OC(=O)O/C1=C\CCOC(=O)/C=C/CC/C=C/C1CC(/C=C/CC/C=C/C(=O)OCC/C=C2\OC(=O)OC2(C)C)C2CC=CC12. The van der Waals surface area contributed by atoms with Crippen molar-refractivity contribution in [1.82, 2.24) is 0 Å². The van der Waals surface area contributed by atoms with Crippen molar-refractivity contribution < 1.29 is 47.6 Å². The van der Waals surface area contributed by atoms with E-state index >= 15 is 0 Å². The topological polar surface area (TPSA) is 124 Å². The van der Waals surface area contributed by atoms with Crippen LogP contribution in [0.5, 0.6) is 0 Å². The lowest BCUT2D eigenvalue weighted by Gasteiger charge is -2.15. The van der Waals surface area contributed by atoms with E-state index in [0.29, 0.717) is 48.0 Å². The smallest absolute Gasteiger partial charge is 0.462 e. The molecule has 0 radical (unpaired) electrons. The summed E-state index contributed by atoms with van der Waals surface area (Å²) in [6, 6.07) is 0. The second-order valence-corrected chi connectivity index (χ2v) is 13.3. The highest BCUT2D eigenvalue weighted by molar-refractivity contribution is 5.82. The van der Waals surface area contributed by atoms with E-state index in [-0.39, 0.29) is 13.2 Å². The summed E-state index contributed by atoms with van der Waals surface area (Å²) < 4.78 is 30.6. The van der Waals surface area contributed by atoms with Crippen molar-refractivity contribution in [2.75, 3.05) is 13.2 Å². The predicted molar refractivity (Wildman–Crippen MR) is 178 cm³/mol. The molecule has 4 rings (SSSR count). The average Bonchev–Trinajstić information content (AvgIpc) is 3.75. The number of carbonyl (C=O) groups is 4. The zero-order valence-corrected chi connectivity index (χ0v) is 28.4. The first-order chi connectivity index (χ1) is 22.9. The van der Waals surface area contributed by atoms with Crippen molar-refractivity contribution in [2.45, 2.75) is 90.3 Å². The fourth-order valence-corrected chi connectivity index (χ4v) is 6.33. The number of hydrogen-bond acceptors (Lipinski definition) is 10. The summed E-state index contributed by atoms with van der Waals surface area (Å²) in [4.78, 5) is 46.5. The monoisotopic (exact) mass is 664 g/mol. The summed E-state index contributed by atoms with van der Waals surface area (Å²) in [5.74, 6) is 2.30. The van der Waals surface area contributed by atoms with Crippen LogP contribution in [0, 0.1) is 23.7 Å². The van der Waals surface area contributed by atoms with Crippen molar-refractivity contribution in [3.63, 3.8) is 0 Å². The second-order valence-electron chi connectivity index (χ2n) is 13.3. The fourth-order valence-electron chi connectivity index (χ4n) is 6.33. The Morgan fingerprint density at radius 3 is 1.69 bits per heavy atom. The number of carbonyl (C=O) groups excluding carboxylic acids is 4. The standard InChI is InChI=1S/C38H48O10/c1-37(2)31(45-35(41)47-37)20-14-24-43-33(39)22-11-7-5-9-16-27-26-28(30-19-13-18-29(27)30)17-10-6-8-12-23-34(40)44-25-15-21-32-38(3,4)48-36(42)46-32/h9-13,16-18,20-23,27-30H,5-8,14-15,19,24-26H2,1-4H3/b16-9+,17-10+,22-11+,23-12+,31-20-,32-21-. The zero-order chi connectivity index (χ0) is 34.6. The minimum Gasteiger partial charge on any atom is -0.462 e. The first-order valence-corrected chi connectivity index (χ1v) is 16.8. The van der Waals surface area contributed by atoms with Gasteiger partial charge in [0.2, 0.25) is 0 Å². The van der Waals surface area contributed by atoms with Crippen LogP contribution in [0.3, 0.4) is 0 Å². The minimum atomic E-state index is -0.801. The number of rotatable bonds is 16. The van der Waals surface area contributed by atoms with Crippen LogP contribution in [0.15, 0.2) is 84.4 Å². The molecule has 10 nitrogen and oxygen atoms in total. The molecule has 0 N–H and O–H groups in total. The van der Waals surface area contributed by atoms with E-state index in [1.165, 1.54) is 12.2 Å². The predicted octanol–water partition coefficient (Wildman–Crippen LogP) is 8.13. The summed E-state index contributed by atoms with van der Waals surface area (Å²) in [5.41, 5.74) is -1.60. The van der Waals surface area contributed by atoms with Crippen LogP contribution in [-0.2, 0) is 38.0 Å². The largest absolute Gasteiger partial charge is 0.514 e. The molecule has 2 saturated heterocycles. The molecule has 4 atom stereocenters. The second kappa shape index (κ2) is 17.2. The molecule has 1 saturated carbocycles. The Bertz CT molecular complexity index is 1390. The lowest BCUT2D eigenvalue weighted by molar-refractivity contribution is -0.138. The quantitative estimate of drug-likeness (QED) is 0.0525. The third-order valence-corrected chi connectivity index (χ3v) is 8.76. The van der Waals surface area contributed by atoms with Gasteiger partial charge in [0.1, 0.15) is 0 Å². The Balaban J connectivity index is 1.07.